The van der Waals surface area contributed by atoms with E-state index in [-0.39, 0.29) is 36.1 Å². The molecule has 26 heavy (non-hydrogen) atoms. The van der Waals surface area contributed by atoms with Gasteiger partial charge in [-0.3, -0.25) is 9.59 Å². The van der Waals surface area contributed by atoms with Gasteiger partial charge in [0.2, 0.25) is 5.91 Å². The van der Waals surface area contributed by atoms with Gasteiger partial charge in [0.25, 0.3) is 5.91 Å². The highest BCUT2D eigenvalue weighted by Gasteiger charge is 2.32. The lowest BCUT2D eigenvalue weighted by Gasteiger charge is -2.21. The number of halogens is 1. The summed E-state index contributed by atoms with van der Waals surface area (Å²) in [5, 5.41) is 2.90. The van der Waals surface area contributed by atoms with E-state index in [0.717, 1.165) is 19.3 Å². The molecule has 8 heteroatoms. The number of nitrogens with zero attached hydrogens (tertiary/aromatic N) is 1. The van der Waals surface area contributed by atoms with Crippen molar-refractivity contribution in [2.45, 2.75) is 19.3 Å². The highest BCUT2D eigenvalue weighted by atomic mass is 35.5. The van der Waals surface area contributed by atoms with Crippen LogP contribution in [-0.4, -0.2) is 51.6 Å². The summed E-state index contributed by atoms with van der Waals surface area (Å²) < 4.78 is 10.6. The zero-order valence-electron chi connectivity index (χ0n) is 15.7. The summed E-state index contributed by atoms with van der Waals surface area (Å²) in [4.78, 5) is 26.7. The lowest BCUT2D eigenvalue weighted by Crippen LogP contribution is -2.31. The molecular formula is C18H28ClN3O4. The van der Waals surface area contributed by atoms with Crippen molar-refractivity contribution < 1.29 is 19.1 Å². The van der Waals surface area contributed by atoms with Crippen molar-refractivity contribution >= 4 is 29.9 Å². The minimum atomic E-state index is -0.224. The smallest absolute Gasteiger partial charge is 0.255 e. The van der Waals surface area contributed by atoms with Gasteiger partial charge in [-0.15, -0.1) is 12.4 Å². The molecule has 2 amide bonds. The van der Waals surface area contributed by atoms with Crippen LogP contribution in [0, 0.1) is 11.8 Å². The Kier molecular flexibility index (Phi) is 8.17. The van der Waals surface area contributed by atoms with E-state index in [1.165, 1.54) is 19.1 Å². The van der Waals surface area contributed by atoms with Gasteiger partial charge in [-0.05, 0) is 31.4 Å². The second-order valence-corrected chi connectivity index (χ2v) is 6.47. The summed E-state index contributed by atoms with van der Waals surface area (Å²) in [6.07, 6.45) is 2.78. The van der Waals surface area contributed by atoms with Crippen LogP contribution in [0.25, 0.3) is 0 Å². The number of nitrogens with one attached hydrogen (secondary N) is 1. The summed E-state index contributed by atoms with van der Waals surface area (Å²) in [7, 11) is 6.33. The Morgan fingerprint density at radius 2 is 1.81 bits per heavy atom. The number of anilines is 1. The third-order valence-electron chi connectivity index (χ3n) is 4.72. The van der Waals surface area contributed by atoms with Crippen LogP contribution in [-0.2, 0) is 4.79 Å². The molecule has 7 nitrogen and oxygen atoms in total. The van der Waals surface area contributed by atoms with Crippen LogP contribution in [0.4, 0.5) is 5.69 Å². The van der Waals surface area contributed by atoms with E-state index < -0.39 is 0 Å². The first-order valence-corrected chi connectivity index (χ1v) is 8.41. The minimum Gasteiger partial charge on any atom is -0.493 e. The number of carbonyl (C=O) groups excluding carboxylic acids is 2. The fourth-order valence-electron chi connectivity index (χ4n) is 3.29. The summed E-state index contributed by atoms with van der Waals surface area (Å²) in [5.41, 5.74) is 6.56. The molecule has 1 aliphatic carbocycles. The molecule has 3 N–H and O–H groups in total. The molecule has 1 saturated carbocycles. The van der Waals surface area contributed by atoms with Crippen molar-refractivity contribution in [2.75, 3.05) is 40.2 Å². The Morgan fingerprint density at radius 3 is 2.35 bits per heavy atom. The molecule has 0 spiro atoms. The van der Waals surface area contributed by atoms with Crippen LogP contribution in [0.2, 0.25) is 0 Å². The zero-order valence-corrected chi connectivity index (χ0v) is 16.5. The lowest BCUT2D eigenvalue weighted by atomic mass is 9.95. The molecule has 0 aliphatic heterocycles. The maximum absolute atomic E-state index is 12.7. The van der Waals surface area contributed by atoms with E-state index in [1.54, 1.807) is 26.2 Å². The first-order chi connectivity index (χ1) is 11.9. The Balaban J connectivity index is 0.00000338. The van der Waals surface area contributed by atoms with E-state index in [0.29, 0.717) is 29.3 Å². The van der Waals surface area contributed by atoms with Crippen molar-refractivity contribution in [3.05, 3.63) is 17.7 Å². The standard InChI is InChI=1S/C18H27N3O4.ClH/c1-21(2)18(23)13-8-15(24-3)16(25-4)9-14(13)20-17(22)12-7-5-6-11(12)10-19;/h8-9,11-12H,5-7,10,19H2,1-4H3,(H,20,22);1H/t11-,12-;/m1./s1. The third-order valence-corrected chi connectivity index (χ3v) is 4.72. The summed E-state index contributed by atoms with van der Waals surface area (Å²) in [6.45, 7) is 0.494. The first kappa shape index (κ1) is 22.1. The van der Waals surface area contributed by atoms with E-state index >= 15 is 0 Å². The van der Waals surface area contributed by atoms with Crippen LogP contribution in [0.5, 0.6) is 11.5 Å². The van der Waals surface area contributed by atoms with Crippen LogP contribution in [0.15, 0.2) is 12.1 Å². The van der Waals surface area contributed by atoms with Crippen LogP contribution >= 0.6 is 12.4 Å². The van der Waals surface area contributed by atoms with Gasteiger partial charge in [-0.25, -0.2) is 0 Å². The highest BCUT2D eigenvalue weighted by molar-refractivity contribution is 6.05. The molecule has 1 aliphatic rings. The molecule has 2 rings (SSSR count). The van der Waals surface area contributed by atoms with Gasteiger partial charge in [0, 0.05) is 26.1 Å². The largest absolute Gasteiger partial charge is 0.493 e. The molecule has 0 heterocycles. The summed E-state index contributed by atoms with van der Waals surface area (Å²) >= 11 is 0. The highest BCUT2D eigenvalue weighted by Crippen LogP contribution is 2.36. The number of rotatable bonds is 6. The van der Waals surface area contributed by atoms with Crippen LogP contribution in [0.1, 0.15) is 29.6 Å². The minimum absolute atomic E-state index is 0. The van der Waals surface area contributed by atoms with Crippen molar-refractivity contribution in [3.63, 3.8) is 0 Å². The summed E-state index contributed by atoms with van der Waals surface area (Å²) in [5.74, 6) is 0.626. The van der Waals surface area contributed by atoms with Gasteiger partial charge in [0.05, 0.1) is 25.5 Å². The molecule has 0 saturated heterocycles. The van der Waals surface area contributed by atoms with Crippen LogP contribution < -0.4 is 20.5 Å². The predicted molar refractivity (Wildman–Crippen MR) is 103 cm³/mol. The first-order valence-electron chi connectivity index (χ1n) is 8.41. The number of methoxy groups -OCH3 is 2. The van der Waals surface area contributed by atoms with E-state index in [2.05, 4.69) is 5.32 Å². The van der Waals surface area contributed by atoms with Gasteiger partial charge in [-0.1, -0.05) is 6.42 Å². The Bertz CT molecular complexity index is 652. The predicted octanol–water partition coefficient (Wildman–Crippen LogP) is 2.14. The van der Waals surface area contributed by atoms with Crippen molar-refractivity contribution in [1.82, 2.24) is 4.90 Å². The van der Waals surface area contributed by atoms with Crippen LogP contribution in [0.3, 0.4) is 0 Å². The molecule has 0 unspecified atom stereocenters. The molecule has 146 valence electrons. The average molecular weight is 386 g/mol. The third kappa shape index (κ3) is 4.59. The lowest BCUT2D eigenvalue weighted by molar-refractivity contribution is -0.120. The van der Waals surface area contributed by atoms with Gasteiger partial charge in [-0.2, -0.15) is 0 Å². The van der Waals surface area contributed by atoms with Gasteiger partial charge in [0.1, 0.15) is 0 Å². The normalized spacial score (nSPS) is 18.7. The molecule has 0 aromatic heterocycles. The maximum atomic E-state index is 12.7. The fourth-order valence-corrected chi connectivity index (χ4v) is 3.29. The van der Waals surface area contributed by atoms with E-state index in [9.17, 15) is 9.59 Å². The second-order valence-electron chi connectivity index (χ2n) is 6.47. The average Bonchev–Trinajstić information content (AvgIpc) is 3.09. The monoisotopic (exact) mass is 385 g/mol. The molecule has 1 fully saturated rings. The maximum Gasteiger partial charge on any atom is 0.255 e. The molecular weight excluding hydrogens is 358 g/mol. The van der Waals surface area contributed by atoms with Gasteiger partial charge < -0.3 is 25.4 Å². The molecule has 1 aromatic rings. The van der Waals surface area contributed by atoms with E-state index in [4.69, 9.17) is 15.2 Å². The molecule has 0 radical (unpaired) electrons. The molecule has 1 aromatic carbocycles. The van der Waals surface area contributed by atoms with E-state index in [1.807, 2.05) is 0 Å². The van der Waals surface area contributed by atoms with Crippen molar-refractivity contribution in [1.29, 1.82) is 0 Å². The Morgan fingerprint density at radius 1 is 1.19 bits per heavy atom. The SMILES string of the molecule is COc1cc(NC(=O)[C@@H]2CCC[C@@H]2CN)c(C(=O)N(C)C)cc1OC.Cl. The quantitative estimate of drug-likeness (QED) is 0.782. The topological polar surface area (TPSA) is 93.9 Å². The zero-order chi connectivity index (χ0) is 18.6. The number of benzene rings is 1. The Hall–Kier alpha value is -1.99. The number of amides is 2. The number of ether oxygens (including phenoxy) is 2. The second kappa shape index (κ2) is 9.64. The van der Waals surface area contributed by atoms with Gasteiger partial charge >= 0.3 is 0 Å². The number of hydrogen-bond acceptors (Lipinski definition) is 5. The van der Waals surface area contributed by atoms with Crippen molar-refractivity contribution in [3.8, 4) is 11.5 Å². The molecule has 0 bridgehead atoms. The Labute approximate surface area is 160 Å². The van der Waals surface area contributed by atoms with Gasteiger partial charge in [0.15, 0.2) is 11.5 Å². The number of hydrogen-bond donors (Lipinski definition) is 2. The summed E-state index contributed by atoms with van der Waals surface area (Å²) in [6, 6.07) is 3.21. The number of carbonyl (C=O) groups is 2. The molecule has 2 atom stereocenters. The van der Waals surface area contributed by atoms with Crippen molar-refractivity contribution in [2.24, 2.45) is 17.6 Å². The fraction of sp³-hybridized carbons (Fsp3) is 0.556. The number of nitrogens with two attached hydrogens (primary N) is 1.